The smallest absolute Gasteiger partial charge is 0.312 e. The normalized spacial score (nSPS) is 32.8. The Morgan fingerprint density at radius 2 is 1.94 bits per heavy atom. The van der Waals surface area contributed by atoms with E-state index >= 15 is 0 Å². The summed E-state index contributed by atoms with van der Waals surface area (Å²) >= 11 is 0. The standard InChI is InChI=1S/C24H40N2O6/c1-8-14(12-27)26-18(19(28)25-23(6,7)13-22(3,4)5)24-11-10-15(32-24)16(17(24)20(26)29)21(30)31-9-2/h14-18,27H,8-13H2,1-7H3,(H,25,28)/t14-,15-,16+,17-,18?,24?/m0/s1. The summed E-state index contributed by atoms with van der Waals surface area (Å²) in [5, 5.41) is 13.2. The van der Waals surface area contributed by atoms with Gasteiger partial charge in [-0.1, -0.05) is 27.7 Å². The van der Waals surface area contributed by atoms with Gasteiger partial charge in [0.2, 0.25) is 11.8 Å². The van der Waals surface area contributed by atoms with Crippen molar-refractivity contribution in [1.82, 2.24) is 10.2 Å². The van der Waals surface area contributed by atoms with Crippen LogP contribution in [0.5, 0.6) is 0 Å². The number of esters is 1. The molecule has 3 heterocycles. The van der Waals surface area contributed by atoms with E-state index in [1.54, 1.807) is 6.92 Å². The molecule has 3 rings (SSSR count). The van der Waals surface area contributed by atoms with Gasteiger partial charge >= 0.3 is 5.97 Å². The summed E-state index contributed by atoms with van der Waals surface area (Å²) in [6, 6.07) is -1.41. The first-order valence-corrected chi connectivity index (χ1v) is 11.9. The second-order valence-electron chi connectivity index (χ2n) is 11.4. The van der Waals surface area contributed by atoms with Crippen molar-refractivity contribution >= 4 is 17.8 Å². The molecule has 0 aromatic heterocycles. The van der Waals surface area contributed by atoms with Crippen LogP contribution in [0.2, 0.25) is 0 Å². The SMILES string of the molecule is CCOC(=O)[C@@H]1[C@@H]2CCC3(O2)C(C(=O)NC(C)(C)CC(C)(C)C)N([C@@H](CC)CO)C(=O)[C@H]13. The molecular formula is C24H40N2O6. The Hall–Kier alpha value is -1.67. The number of carbonyl (C=O) groups is 3. The molecule has 0 aromatic rings. The molecule has 2 amide bonds. The first kappa shape index (κ1) is 25.0. The minimum atomic E-state index is -1.07. The van der Waals surface area contributed by atoms with Gasteiger partial charge in [-0.3, -0.25) is 14.4 Å². The number of rotatable bonds is 8. The van der Waals surface area contributed by atoms with Gasteiger partial charge in [0.25, 0.3) is 0 Å². The summed E-state index contributed by atoms with van der Waals surface area (Å²) in [6.45, 7) is 13.9. The monoisotopic (exact) mass is 452 g/mol. The second kappa shape index (κ2) is 8.60. The Kier molecular flexibility index (Phi) is 6.71. The number of hydrogen-bond donors (Lipinski definition) is 2. The van der Waals surface area contributed by atoms with E-state index in [1.165, 1.54) is 4.90 Å². The van der Waals surface area contributed by atoms with E-state index in [9.17, 15) is 19.5 Å². The van der Waals surface area contributed by atoms with Gasteiger partial charge < -0.3 is 24.8 Å². The summed E-state index contributed by atoms with van der Waals surface area (Å²) in [7, 11) is 0. The molecule has 2 bridgehead atoms. The minimum absolute atomic E-state index is 0.00282. The number of aliphatic hydroxyl groups is 1. The molecule has 2 unspecified atom stereocenters. The average Bonchev–Trinajstić information content (AvgIpc) is 3.28. The molecule has 0 radical (unpaired) electrons. The molecule has 0 aromatic carbocycles. The highest BCUT2D eigenvalue weighted by molar-refractivity contribution is 5.98. The Morgan fingerprint density at radius 3 is 2.47 bits per heavy atom. The van der Waals surface area contributed by atoms with Crippen molar-refractivity contribution in [1.29, 1.82) is 0 Å². The van der Waals surface area contributed by atoms with Gasteiger partial charge in [0.05, 0.1) is 37.2 Å². The topological polar surface area (TPSA) is 105 Å². The lowest BCUT2D eigenvalue weighted by Crippen LogP contribution is -2.61. The molecule has 6 atom stereocenters. The molecule has 182 valence electrons. The number of nitrogens with zero attached hydrogens (tertiary/aromatic N) is 1. The lowest BCUT2D eigenvalue weighted by atomic mass is 9.70. The van der Waals surface area contributed by atoms with Crippen LogP contribution < -0.4 is 5.32 Å². The van der Waals surface area contributed by atoms with Crippen LogP contribution in [0.25, 0.3) is 0 Å². The quantitative estimate of drug-likeness (QED) is 0.546. The number of hydrogen-bond acceptors (Lipinski definition) is 6. The van der Waals surface area contributed by atoms with E-state index in [0.717, 1.165) is 6.42 Å². The van der Waals surface area contributed by atoms with E-state index in [0.29, 0.717) is 19.3 Å². The highest BCUT2D eigenvalue weighted by atomic mass is 16.6. The number of carbonyl (C=O) groups excluding carboxylic acids is 3. The third kappa shape index (κ3) is 4.16. The minimum Gasteiger partial charge on any atom is -0.466 e. The highest BCUT2D eigenvalue weighted by Gasteiger charge is 2.75. The number of aliphatic hydroxyl groups excluding tert-OH is 1. The van der Waals surface area contributed by atoms with Gasteiger partial charge in [-0.25, -0.2) is 0 Å². The summed E-state index contributed by atoms with van der Waals surface area (Å²) in [6.07, 6.45) is 1.95. The van der Waals surface area contributed by atoms with Crippen LogP contribution in [-0.2, 0) is 23.9 Å². The molecule has 8 heteroatoms. The van der Waals surface area contributed by atoms with E-state index in [2.05, 4.69) is 26.1 Å². The highest BCUT2D eigenvalue weighted by Crippen LogP contribution is 2.59. The van der Waals surface area contributed by atoms with Crippen LogP contribution in [0.15, 0.2) is 0 Å². The van der Waals surface area contributed by atoms with Gasteiger partial charge in [0.15, 0.2) is 0 Å². The molecule has 2 N–H and O–H groups in total. The third-order valence-corrected chi connectivity index (χ3v) is 7.05. The lowest BCUT2D eigenvalue weighted by Gasteiger charge is -2.40. The van der Waals surface area contributed by atoms with Crippen LogP contribution in [0, 0.1) is 17.3 Å². The van der Waals surface area contributed by atoms with Crippen LogP contribution in [0.3, 0.4) is 0 Å². The fraction of sp³-hybridized carbons (Fsp3) is 0.875. The fourth-order valence-electron chi connectivity index (χ4n) is 6.48. The van der Waals surface area contributed by atoms with Crippen LogP contribution >= 0.6 is 0 Å². The van der Waals surface area contributed by atoms with Crippen molar-refractivity contribution in [3.63, 3.8) is 0 Å². The maximum Gasteiger partial charge on any atom is 0.312 e. The molecule has 8 nitrogen and oxygen atoms in total. The maximum atomic E-state index is 13.8. The summed E-state index contributed by atoms with van der Waals surface area (Å²) in [4.78, 5) is 41.8. The zero-order chi connectivity index (χ0) is 24.1. The van der Waals surface area contributed by atoms with Crippen LogP contribution in [0.4, 0.5) is 0 Å². The van der Waals surface area contributed by atoms with Crippen molar-refractivity contribution in [3.05, 3.63) is 0 Å². The zero-order valence-electron chi connectivity index (χ0n) is 20.6. The Morgan fingerprint density at radius 1 is 1.28 bits per heavy atom. The van der Waals surface area contributed by atoms with E-state index in [1.807, 2.05) is 20.8 Å². The lowest BCUT2D eigenvalue weighted by molar-refractivity contribution is -0.155. The Balaban J connectivity index is 2.00. The zero-order valence-corrected chi connectivity index (χ0v) is 20.6. The number of nitrogens with one attached hydrogen (secondary N) is 1. The van der Waals surface area contributed by atoms with Crippen molar-refractivity contribution in [3.8, 4) is 0 Å². The van der Waals surface area contributed by atoms with Gasteiger partial charge in [-0.15, -0.1) is 0 Å². The van der Waals surface area contributed by atoms with Crippen molar-refractivity contribution < 1.29 is 29.0 Å². The summed E-state index contributed by atoms with van der Waals surface area (Å²) in [5.41, 5.74) is -1.57. The molecule has 3 fully saturated rings. The molecule has 32 heavy (non-hydrogen) atoms. The molecule has 0 aliphatic carbocycles. The molecule has 3 saturated heterocycles. The fourth-order valence-corrected chi connectivity index (χ4v) is 6.48. The third-order valence-electron chi connectivity index (χ3n) is 7.05. The average molecular weight is 453 g/mol. The van der Waals surface area contributed by atoms with Crippen molar-refractivity contribution in [2.75, 3.05) is 13.2 Å². The summed E-state index contributed by atoms with van der Waals surface area (Å²) in [5.74, 6) is -2.49. The number of fused-ring (bicyclic) bond motifs is 1. The Labute approximate surface area is 191 Å². The maximum absolute atomic E-state index is 13.8. The van der Waals surface area contributed by atoms with Gasteiger partial charge in [-0.2, -0.15) is 0 Å². The Bertz CT molecular complexity index is 756. The number of ether oxygens (including phenoxy) is 2. The number of likely N-dealkylation sites (tertiary alicyclic amines) is 1. The van der Waals surface area contributed by atoms with Crippen molar-refractivity contribution in [2.24, 2.45) is 17.3 Å². The second-order valence-corrected chi connectivity index (χ2v) is 11.4. The predicted molar refractivity (Wildman–Crippen MR) is 119 cm³/mol. The van der Waals surface area contributed by atoms with E-state index in [4.69, 9.17) is 9.47 Å². The van der Waals surface area contributed by atoms with E-state index in [-0.39, 0.29) is 30.4 Å². The van der Waals surface area contributed by atoms with E-state index < -0.39 is 47.1 Å². The number of amides is 2. The van der Waals surface area contributed by atoms with Gasteiger partial charge in [0, 0.05) is 5.54 Å². The predicted octanol–water partition coefficient (Wildman–Crippen LogP) is 2.03. The first-order valence-electron chi connectivity index (χ1n) is 11.9. The largest absolute Gasteiger partial charge is 0.466 e. The summed E-state index contributed by atoms with van der Waals surface area (Å²) < 4.78 is 11.6. The molecule has 3 aliphatic rings. The van der Waals surface area contributed by atoms with Crippen molar-refractivity contribution in [2.45, 2.75) is 103 Å². The van der Waals surface area contributed by atoms with Gasteiger partial charge in [0.1, 0.15) is 11.6 Å². The van der Waals surface area contributed by atoms with Crippen LogP contribution in [0.1, 0.15) is 74.1 Å². The molecular weight excluding hydrogens is 412 g/mol. The van der Waals surface area contributed by atoms with Crippen LogP contribution in [-0.4, -0.2) is 70.3 Å². The first-order chi connectivity index (χ1) is 14.8. The van der Waals surface area contributed by atoms with Gasteiger partial charge in [-0.05, 0) is 51.9 Å². The molecule has 3 aliphatic heterocycles. The molecule has 1 spiro atoms. The molecule has 0 saturated carbocycles.